The number of nitrogens with zero attached hydrogens (tertiary/aromatic N) is 1. The second-order valence-corrected chi connectivity index (χ2v) is 8.03. The molecule has 2 N–H and O–H groups in total. The quantitative estimate of drug-likeness (QED) is 0.896. The highest BCUT2D eigenvalue weighted by atomic mass is 32.1. The number of rotatable bonds is 4. The zero-order valence-electron chi connectivity index (χ0n) is 13.9. The van der Waals surface area contributed by atoms with Crippen molar-refractivity contribution in [2.45, 2.75) is 45.2 Å². The Labute approximate surface area is 146 Å². The molecule has 1 saturated carbocycles. The lowest BCUT2D eigenvalue weighted by atomic mass is 10.1. The summed E-state index contributed by atoms with van der Waals surface area (Å²) in [4.78, 5) is 19.9. The van der Waals surface area contributed by atoms with Crippen molar-refractivity contribution in [3.05, 3.63) is 46.5 Å². The van der Waals surface area contributed by atoms with Gasteiger partial charge in [-0.15, -0.1) is 0 Å². The molecule has 1 aliphatic carbocycles. The largest absolute Gasteiger partial charge is 0.326 e. The first-order valence-corrected chi connectivity index (χ1v) is 9.76. The monoisotopic (exact) mass is 342 g/mol. The number of hydrogen-bond donors (Lipinski definition) is 2. The lowest BCUT2D eigenvalue weighted by Crippen LogP contribution is -3.10. The summed E-state index contributed by atoms with van der Waals surface area (Å²) in [6, 6.07) is 10.7. The molecule has 4 rings (SSSR count). The summed E-state index contributed by atoms with van der Waals surface area (Å²) in [6.07, 6.45) is 5.44. The van der Waals surface area contributed by atoms with Gasteiger partial charge in [0, 0.05) is 17.9 Å². The van der Waals surface area contributed by atoms with Crippen LogP contribution in [0, 0.1) is 5.92 Å². The molecule has 2 aliphatic rings. The molecule has 0 radical (unpaired) electrons. The van der Waals surface area contributed by atoms with E-state index in [0.29, 0.717) is 0 Å². The van der Waals surface area contributed by atoms with Gasteiger partial charge in [0.2, 0.25) is 5.91 Å². The third kappa shape index (κ3) is 3.52. The normalized spacial score (nSPS) is 20.8. The van der Waals surface area contributed by atoms with E-state index in [2.05, 4.69) is 40.6 Å². The molecule has 1 atom stereocenters. The first-order chi connectivity index (χ1) is 11.8. The van der Waals surface area contributed by atoms with Gasteiger partial charge in [0.25, 0.3) is 0 Å². The summed E-state index contributed by atoms with van der Waals surface area (Å²) in [6.45, 7) is 3.19. The third-order valence-electron chi connectivity index (χ3n) is 5.16. The van der Waals surface area contributed by atoms with Crippen molar-refractivity contribution in [2.24, 2.45) is 5.92 Å². The number of anilines is 1. The fourth-order valence-electron chi connectivity index (χ4n) is 3.81. The number of amides is 1. The van der Waals surface area contributed by atoms with Crippen LogP contribution < -0.4 is 10.2 Å². The van der Waals surface area contributed by atoms with E-state index in [9.17, 15) is 4.79 Å². The number of benzene rings is 1. The van der Waals surface area contributed by atoms with Gasteiger partial charge in [-0.05, 0) is 12.8 Å². The lowest BCUT2D eigenvalue weighted by molar-refractivity contribution is -0.929. The molecule has 2 heterocycles. The summed E-state index contributed by atoms with van der Waals surface area (Å²) in [7, 11) is 0. The smallest absolute Gasteiger partial charge is 0.229 e. The Morgan fingerprint density at radius 1 is 1.25 bits per heavy atom. The molecule has 1 aromatic heterocycles. The number of carbonyl (C=O) groups is 1. The van der Waals surface area contributed by atoms with Crippen molar-refractivity contribution in [2.75, 3.05) is 11.9 Å². The predicted octanol–water partition coefficient (Wildman–Crippen LogP) is 2.41. The van der Waals surface area contributed by atoms with E-state index in [1.165, 1.54) is 29.0 Å². The van der Waals surface area contributed by atoms with E-state index < -0.39 is 0 Å². The molecule has 0 bridgehead atoms. The molecule has 0 spiro atoms. The van der Waals surface area contributed by atoms with Crippen LogP contribution in [-0.4, -0.2) is 17.4 Å². The van der Waals surface area contributed by atoms with Crippen LogP contribution in [0.5, 0.6) is 0 Å². The SMILES string of the molecule is O=C(Nc1nc2c(s1)C[NH+](Cc1ccccc1)CC2)C1CCCC1. The number of aromatic nitrogens is 1. The first-order valence-electron chi connectivity index (χ1n) is 8.95. The number of quaternary nitrogens is 1. The van der Waals surface area contributed by atoms with E-state index >= 15 is 0 Å². The lowest BCUT2D eigenvalue weighted by Gasteiger charge is -2.22. The molecular weight excluding hydrogens is 318 g/mol. The van der Waals surface area contributed by atoms with E-state index in [1.807, 2.05) is 0 Å². The molecule has 1 amide bonds. The van der Waals surface area contributed by atoms with Gasteiger partial charge in [0.15, 0.2) is 5.13 Å². The van der Waals surface area contributed by atoms with Gasteiger partial charge in [0.1, 0.15) is 13.1 Å². The van der Waals surface area contributed by atoms with Gasteiger partial charge in [-0.25, -0.2) is 4.98 Å². The van der Waals surface area contributed by atoms with Gasteiger partial charge >= 0.3 is 0 Å². The van der Waals surface area contributed by atoms with Crippen LogP contribution in [0.25, 0.3) is 0 Å². The summed E-state index contributed by atoms with van der Waals surface area (Å²) >= 11 is 1.67. The van der Waals surface area contributed by atoms with Crippen LogP contribution in [0.15, 0.2) is 30.3 Å². The van der Waals surface area contributed by atoms with Gasteiger partial charge in [-0.2, -0.15) is 0 Å². The molecule has 24 heavy (non-hydrogen) atoms. The van der Waals surface area contributed by atoms with Gasteiger partial charge in [0.05, 0.1) is 17.1 Å². The summed E-state index contributed by atoms with van der Waals surface area (Å²) in [5.74, 6) is 0.373. The molecule has 0 saturated heterocycles. The molecule has 5 heteroatoms. The third-order valence-corrected chi connectivity index (χ3v) is 6.17. The van der Waals surface area contributed by atoms with Gasteiger partial charge in [-0.1, -0.05) is 54.5 Å². The number of thiazole rings is 1. The number of fused-ring (bicyclic) bond motifs is 1. The average Bonchev–Trinajstić information content (AvgIpc) is 3.24. The molecule has 4 nitrogen and oxygen atoms in total. The maximum Gasteiger partial charge on any atom is 0.229 e. The molecule has 1 unspecified atom stereocenters. The molecule has 2 aromatic rings. The Hall–Kier alpha value is -1.72. The van der Waals surface area contributed by atoms with Crippen LogP contribution >= 0.6 is 11.3 Å². The fourth-order valence-corrected chi connectivity index (χ4v) is 4.89. The van der Waals surface area contributed by atoms with Crippen LogP contribution in [0.1, 0.15) is 41.8 Å². The van der Waals surface area contributed by atoms with Crippen LogP contribution in [0.3, 0.4) is 0 Å². The highest BCUT2D eigenvalue weighted by Gasteiger charge is 2.26. The molecule has 1 aliphatic heterocycles. The number of carbonyl (C=O) groups excluding carboxylic acids is 1. The zero-order valence-corrected chi connectivity index (χ0v) is 14.7. The molecule has 126 valence electrons. The van der Waals surface area contributed by atoms with E-state index in [1.54, 1.807) is 16.2 Å². The maximum atomic E-state index is 12.3. The van der Waals surface area contributed by atoms with Crippen molar-refractivity contribution in [1.82, 2.24) is 4.98 Å². The molecule has 1 fully saturated rings. The van der Waals surface area contributed by atoms with Gasteiger partial charge in [-0.3, -0.25) is 4.79 Å². The topological polar surface area (TPSA) is 46.4 Å². The molecular formula is C19H24N3OS+. The summed E-state index contributed by atoms with van der Waals surface area (Å²) in [5.41, 5.74) is 2.58. The van der Waals surface area contributed by atoms with E-state index in [0.717, 1.165) is 44.0 Å². The first kappa shape index (κ1) is 15.8. The van der Waals surface area contributed by atoms with Crippen molar-refractivity contribution >= 4 is 22.4 Å². The second kappa shape index (κ2) is 7.03. The Morgan fingerprint density at radius 2 is 2.04 bits per heavy atom. The standard InChI is InChI=1S/C19H23N3OS/c23-18(15-8-4-5-9-15)21-19-20-16-10-11-22(13-17(16)24-19)12-14-6-2-1-3-7-14/h1-3,6-7,15H,4-5,8-13H2,(H,20,21,23)/p+1. The van der Waals surface area contributed by atoms with Crippen molar-refractivity contribution in [1.29, 1.82) is 0 Å². The minimum absolute atomic E-state index is 0.173. The minimum atomic E-state index is 0.173. The van der Waals surface area contributed by atoms with Crippen LogP contribution in [0.2, 0.25) is 0 Å². The Bertz CT molecular complexity index is 707. The van der Waals surface area contributed by atoms with Crippen molar-refractivity contribution < 1.29 is 9.69 Å². The fraction of sp³-hybridized carbons (Fsp3) is 0.474. The maximum absolute atomic E-state index is 12.3. The Kier molecular flexibility index (Phi) is 4.63. The Morgan fingerprint density at radius 3 is 2.83 bits per heavy atom. The Balaban J connectivity index is 1.39. The highest BCUT2D eigenvalue weighted by molar-refractivity contribution is 7.15. The summed E-state index contributed by atoms with van der Waals surface area (Å²) in [5, 5.41) is 3.87. The zero-order chi connectivity index (χ0) is 16.4. The number of hydrogen-bond acceptors (Lipinski definition) is 3. The van der Waals surface area contributed by atoms with Crippen molar-refractivity contribution in [3.8, 4) is 0 Å². The van der Waals surface area contributed by atoms with Crippen molar-refractivity contribution in [3.63, 3.8) is 0 Å². The van der Waals surface area contributed by atoms with Crippen LogP contribution in [-0.2, 0) is 24.3 Å². The van der Waals surface area contributed by atoms with E-state index in [-0.39, 0.29) is 11.8 Å². The predicted molar refractivity (Wildman–Crippen MR) is 96.1 cm³/mol. The summed E-state index contributed by atoms with van der Waals surface area (Å²) < 4.78 is 0. The molecule has 1 aromatic carbocycles. The highest BCUT2D eigenvalue weighted by Crippen LogP contribution is 2.28. The van der Waals surface area contributed by atoms with Crippen LogP contribution in [0.4, 0.5) is 5.13 Å². The van der Waals surface area contributed by atoms with E-state index in [4.69, 9.17) is 0 Å². The number of nitrogens with one attached hydrogen (secondary N) is 2. The average molecular weight is 342 g/mol. The minimum Gasteiger partial charge on any atom is -0.326 e. The van der Waals surface area contributed by atoms with Gasteiger partial charge < -0.3 is 10.2 Å². The second-order valence-electron chi connectivity index (χ2n) is 6.95.